The average molecular weight is 345 g/mol. The first-order valence-corrected chi connectivity index (χ1v) is 9.26. The van der Waals surface area contributed by atoms with Crippen molar-refractivity contribution in [2.24, 2.45) is 5.73 Å². The van der Waals surface area contributed by atoms with Gasteiger partial charge in [-0.2, -0.15) is 4.57 Å². The van der Waals surface area contributed by atoms with Crippen LogP contribution in [0, 0.1) is 0 Å². The first kappa shape index (κ1) is 15.7. The third-order valence-electron chi connectivity index (χ3n) is 5.03. The predicted octanol–water partition coefficient (Wildman–Crippen LogP) is -0.901. The molecule has 3 heterocycles. The van der Waals surface area contributed by atoms with Crippen LogP contribution in [0.5, 0.6) is 0 Å². The number of β-lactam (4-membered cyclic amide) rings is 1. The fraction of sp³-hybridized carbons (Fsp3) is 0.471. The number of carboxylic acids is 1. The van der Waals surface area contributed by atoms with Gasteiger partial charge < -0.3 is 15.6 Å². The number of aryl methyl sites for hydroxylation is 1. The molecule has 0 saturated carbocycles. The summed E-state index contributed by atoms with van der Waals surface area (Å²) in [6.07, 6.45) is 6.41. The number of aromatic nitrogens is 1. The Hall–Kier alpha value is -1.86. The first-order chi connectivity index (χ1) is 11.6. The molecule has 0 unspecified atom stereocenters. The lowest BCUT2D eigenvalue weighted by Crippen LogP contribution is -2.69. The smallest absolute Gasteiger partial charge is 0.248 e. The van der Waals surface area contributed by atoms with E-state index in [0.717, 1.165) is 24.8 Å². The van der Waals surface area contributed by atoms with E-state index in [4.69, 9.17) is 5.73 Å². The molecule has 0 spiro atoms. The minimum atomic E-state index is -1.29. The molecule has 2 N–H and O–H groups in total. The highest BCUT2D eigenvalue weighted by molar-refractivity contribution is 8.00. The van der Waals surface area contributed by atoms with Crippen molar-refractivity contribution in [2.45, 2.75) is 43.6 Å². The van der Waals surface area contributed by atoms with Gasteiger partial charge in [0.2, 0.25) is 5.91 Å². The molecule has 1 amide bonds. The number of thioether (sulfide) groups is 1. The number of fused-ring (bicyclic) bond motifs is 2. The van der Waals surface area contributed by atoms with Gasteiger partial charge in [0, 0.05) is 29.4 Å². The summed E-state index contributed by atoms with van der Waals surface area (Å²) in [7, 11) is 0. The fourth-order valence-corrected chi connectivity index (χ4v) is 5.10. The maximum atomic E-state index is 12.0. The molecule has 4 rings (SSSR count). The number of amides is 1. The Morgan fingerprint density at radius 1 is 1.42 bits per heavy atom. The van der Waals surface area contributed by atoms with Crippen LogP contribution in [0.25, 0.3) is 0 Å². The van der Waals surface area contributed by atoms with Crippen molar-refractivity contribution in [1.82, 2.24) is 4.90 Å². The summed E-state index contributed by atoms with van der Waals surface area (Å²) in [5.41, 5.74) is 9.12. The van der Waals surface area contributed by atoms with Gasteiger partial charge in [-0.05, 0) is 25.3 Å². The molecule has 1 aliphatic carbocycles. The number of hydrogen-bond donors (Lipinski definition) is 1. The lowest BCUT2D eigenvalue weighted by molar-refractivity contribution is -0.697. The minimum Gasteiger partial charge on any atom is -0.543 e. The van der Waals surface area contributed by atoms with Crippen LogP contribution in [0.3, 0.4) is 0 Å². The van der Waals surface area contributed by atoms with Crippen molar-refractivity contribution in [3.05, 3.63) is 40.9 Å². The Labute approximate surface area is 144 Å². The van der Waals surface area contributed by atoms with E-state index in [9.17, 15) is 14.7 Å². The van der Waals surface area contributed by atoms with Crippen LogP contribution in [0.1, 0.15) is 24.1 Å². The highest BCUT2D eigenvalue weighted by atomic mass is 32.2. The molecular formula is C17H19N3O3S. The predicted molar refractivity (Wildman–Crippen MR) is 86.4 cm³/mol. The highest BCUT2D eigenvalue weighted by Gasteiger charge is 2.50. The molecular weight excluding hydrogens is 326 g/mol. The molecule has 126 valence electrons. The molecule has 1 aromatic heterocycles. The van der Waals surface area contributed by atoms with Gasteiger partial charge >= 0.3 is 0 Å². The summed E-state index contributed by atoms with van der Waals surface area (Å²) in [6.45, 7) is 0.477. The SMILES string of the molecule is N[C@@H]1C(=O)N2C(C(=O)[O-])=C(C[n+]3cccc4c3CCCC4)CS[C@H]12. The Morgan fingerprint density at radius 3 is 3.00 bits per heavy atom. The van der Waals surface area contributed by atoms with Crippen LogP contribution in [-0.2, 0) is 29.0 Å². The number of nitrogens with two attached hydrogens (primary N) is 1. The monoisotopic (exact) mass is 345 g/mol. The summed E-state index contributed by atoms with van der Waals surface area (Å²) < 4.78 is 2.12. The van der Waals surface area contributed by atoms with Crippen LogP contribution in [0.4, 0.5) is 0 Å². The first-order valence-electron chi connectivity index (χ1n) is 8.22. The number of nitrogens with zero attached hydrogens (tertiary/aromatic N) is 2. The molecule has 1 aromatic rings. The number of carboxylic acid groups (broad SMARTS) is 1. The van der Waals surface area contributed by atoms with Crippen molar-refractivity contribution in [2.75, 3.05) is 5.75 Å². The normalized spacial score (nSPS) is 25.9. The van der Waals surface area contributed by atoms with Gasteiger partial charge in [0.25, 0.3) is 0 Å². The summed E-state index contributed by atoms with van der Waals surface area (Å²) in [5, 5.41) is 11.4. The van der Waals surface area contributed by atoms with E-state index in [-0.39, 0.29) is 17.0 Å². The van der Waals surface area contributed by atoms with E-state index in [0.29, 0.717) is 12.3 Å². The second-order valence-corrected chi connectivity index (χ2v) is 7.60. The summed E-state index contributed by atoms with van der Waals surface area (Å²) in [6, 6.07) is 3.54. The summed E-state index contributed by atoms with van der Waals surface area (Å²) in [5.74, 6) is -1.06. The molecule has 3 aliphatic rings. The Balaban J connectivity index is 1.71. The van der Waals surface area contributed by atoms with E-state index in [1.807, 2.05) is 12.3 Å². The van der Waals surface area contributed by atoms with Gasteiger partial charge in [0.15, 0.2) is 18.4 Å². The molecule has 0 bridgehead atoms. The van der Waals surface area contributed by atoms with E-state index < -0.39 is 12.0 Å². The molecule has 2 atom stereocenters. The van der Waals surface area contributed by atoms with Crippen LogP contribution in [-0.4, -0.2) is 33.9 Å². The van der Waals surface area contributed by atoms with Crippen LogP contribution < -0.4 is 15.4 Å². The van der Waals surface area contributed by atoms with Crippen LogP contribution in [0.15, 0.2) is 29.6 Å². The Kier molecular flexibility index (Phi) is 3.85. The van der Waals surface area contributed by atoms with Gasteiger partial charge in [-0.1, -0.05) is 0 Å². The van der Waals surface area contributed by atoms with Crippen LogP contribution >= 0.6 is 11.8 Å². The van der Waals surface area contributed by atoms with E-state index in [1.165, 1.54) is 34.3 Å². The number of aliphatic carboxylic acids is 1. The molecule has 7 heteroatoms. The average Bonchev–Trinajstić information content (AvgIpc) is 2.60. The largest absolute Gasteiger partial charge is 0.543 e. The zero-order valence-corrected chi connectivity index (χ0v) is 14.1. The minimum absolute atomic E-state index is 0.0198. The molecule has 0 radical (unpaired) electrons. The van der Waals surface area contributed by atoms with Crippen molar-refractivity contribution in [3.63, 3.8) is 0 Å². The lowest BCUT2D eigenvalue weighted by Gasteiger charge is -2.49. The summed E-state index contributed by atoms with van der Waals surface area (Å²) in [4.78, 5) is 25.0. The Bertz CT molecular complexity index is 761. The number of hydrogen-bond acceptors (Lipinski definition) is 5. The van der Waals surface area contributed by atoms with Crippen LogP contribution in [0.2, 0.25) is 0 Å². The number of carbonyl (C=O) groups is 2. The molecule has 2 aliphatic heterocycles. The van der Waals surface area contributed by atoms with Gasteiger partial charge in [0.1, 0.15) is 11.4 Å². The van der Waals surface area contributed by atoms with Crippen molar-refractivity contribution in [3.8, 4) is 0 Å². The van der Waals surface area contributed by atoms with Gasteiger partial charge in [-0.25, -0.2) is 0 Å². The van der Waals surface area contributed by atoms with E-state index >= 15 is 0 Å². The van der Waals surface area contributed by atoms with Gasteiger partial charge in [-0.15, -0.1) is 11.8 Å². The maximum absolute atomic E-state index is 12.0. The maximum Gasteiger partial charge on any atom is 0.248 e. The third-order valence-corrected chi connectivity index (χ3v) is 6.39. The number of pyridine rings is 1. The van der Waals surface area contributed by atoms with E-state index in [2.05, 4.69) is 10.6 Å². The highest BCUT2D eigenvalue weighted by Crippen LogP contribution is 2.39. The Morgan fingerprint density at radius 2 is 2.21 bits per heavy atom. The zero-order chi connectivity index (χ0) is 16.8. The van der Waals surface area contributed by atoms with Gasteiger partial charge in [-0.3, -0.25) is 9.69 Å². The molecule has 0 aromatic carbocycles. The summed E-state index contributed by atoms with van der Waals surface area (Å²) >= 11 is 1.53. The van der Waals surface area contributed by atoms with Crippen molar-refractivity contribution < 1.29 is 19.3 Å². The second kappa shape index (κ2) is 5.89. The molecule has 24 heavy (non-hydrogen) atoms. The van der Waals surface area contributed by atoms with Crippen molar-refractivity contribution in [1.29, 1.82) is 0 Å². The molecule has 6 nitrogen and oxygen atoms in total. The quantitative estimate of drug-likeness (QED) is 0.566. The third kappa shape index (κ3) is 2.34. The number of rotatable bonds is 3. The van der Waals surface area contributed by atoms with Crippen molar-refractivity contribution >= 4 is 23.6 Å². The zero-order valence-electron chi connectivity index (χ0n) is 13.2. The second-order valence-electron chi connectivity index (χ2n) is 6.49. The topological polar surface area (TPSA) is 90.3 Å². The fourth-order valence-electron chi connectivity index (χ4n) is 3.82. The number of carbonyl (C=O) groups excluding carboxylic acids is 2. The molecule has 1 saturated heterocycles. The van der Waals surface area contributed by atoms with E-state index in [1.54, 1.807) is 0 Å². The standard InChI is InChI=1S/C17H19N3O3S/c18-13-15(21)20-14(17(22)23)11(9-24-16(13)20)8-19-7-3-5-10-4-1-2-6-12(10)19/h3,5,7,13,16H,1-2,4,6,8-9,18H2/t13-,16-/m1/s1. The molecule has 1 fully saturated rings. The lowest BCUT2D eigenvalue weighted by atomic mass is 9.95. The van der Waals surface area contributed by atoms with Gasteiger partial charge in [0.05, 0.1) is 11.7 Å².